The number of hydrogen-bond acceptors (Lipinski definition) is 8. The lowest BCUT2D eigenvalue weighted by molar-refractivity contribution is 1.17. The van der Waals surface area contributed by atoms with Gasteiger partial charge < -0.3 is 19.9 Å². The molecular weight excluding hydrogens is 489 g/mol. The molecule has 0 aliphatic rings. The fourth-order valence-corrected chi connectivity index (χ4v) is 3.11. The highest BCUT2D eigenvalue weighted by Gasteiger charge is 1.96. The Balaban J connectivity index is 2.66. The largest absolute Gasteiger partial charge is 0.310 e. The van der Waals surface area contributed by atoms with E-state index in [-0.39, 0.29) is 40.1 Å². The zero-order valence-corrected chi connectivity index (χ0v) is 19.2. The van der Waals surface area contributed by atoms with Crippen molar-refractivity contribution in [3.63, 3.8) is 0 Å². The Hall–Kier alpha value is -3.32. The Morgan fingerprint density at radius 3 is 0.875 bits per heavy atom. The van der Waals surface area contributed by atoms with Gasteiger partial charge in [-0.25, -0.2) is 0 Å². The number of rotatable bonds is 0. The van der Waals surface area contributed by atoms with Crippen molar-refractivity contribution < 1.29 is 0 Å². The monoisotopic (exact) mass is 500 g/mol. The van der Waals surface area contributed by atoms with Crippen LogP contribution in [0.4, 0.5) is 0 Å². The van der Waals surface area contributed by atoms with Crippen LogP contribution in [-0.4, -0.2) is 19.9 Å². The molecular formula is C20H12N4O4S4. The Kier molecular flexibility index (Phi) is 7.20. The lowest BCUT2D eigenvalue weighted by Gasteiger charge is -1.89. The summed E-state index contributed by atoms with van der Waals surface area (Å²) in [6.45, 7) is 0. The number of benzene rings is 2. The minimum Gasteiger partial charge on any atom is -0.310 e. The topological polar surface area (TPSA) is 131 Å². The number of aromatic amines is 4. The van der Waals surface area contributed by atoms with Crippen LogP contribution in [0, 0.1) is 18.6 Å². The van der Waals surface area contributed by atoms with Crippen LogP contribution in [0.5, 0.6) is 0 Å². The van der Waals surface area contributed by atoms with E-state index in [0.29, 0.717) is 0 Å². The number of hydrogen-bond donors (Lipinski definition) is 4. The third kappa shape index (κ3) is 5.48. The van der Waals surface area contributed by atoms with Gasteiger partial charge in [-0.3, -0.25) is 19.2 Å². The van der Waals surface area contributed by atoms with Gasteiger partial charge in [0.2, 0.25) is 0 Å². The molecule has 32 heavy (non-hydrogen) atoms. The van der Waals surface area contributed by atoms with Crippen LogP contribution in [0.15, 0.2) is 67.7 Å². The molecule has 1 aromatic heterocycles. The second-order valence-corrected chi connectivity index (χ2v) is 7.93. The van der Waals surface area contributed by atoms with Gasteiger partial charge in [0, 0.05) is 21.5 Å². The van der Waals surface area contributed by atoms with Gasteiger partial charge in [-0.1, -0.05) is 61.0 Å². The highest BCUT2D eigenvalue weighted by atomic mass is 32.1. The van der Waals surface area contributed by atoms with E-state index in [4.69, 9.17) is 48.9 Å². The van der Waals surface area contributed by atoms with E-state index in [1.54, 1.807) is 0 Å². The molecule has 0 aliphatic carbocycles. The lowest BCUT2D eigenvalue weighted by Crippen LogP contribution is -2.08. The van der Waals surface area contributed by atoms with Gasteiger partial charge in [0.1, 0.15) is 18.6 Å². The van der Waals surface area contributed by atoms with Crippen molar-refractivity contribution in [2.75, 3.05) is 0 Å². The van der Waals surface area contributed by atoms with Crippen molar-refractivity contribution in [3.05, 3.63) is 109 Å². The summed E-state index contributed by atoms with van der Waals surface area (Å²) in [6.07, 6.45) is 0. The van der Waals surface area contributed by atoms with Crippen molar-refractivity contribution in [3.8, 4) is 0 Å². The van der Waals surface area contributed by atoms with Gasteiger partial charge in [0.25, 0.3) is 22.2 Å². The second kappa shape index (κ2) is 9.87. The molecule has 8 nitrogen and oxygen atoms in total. The molecule has 2 aromatic carbocycles. The summed E-state index contributed by atoms with van der Waals surface area (Å²) in [4.78, 5) is 59.7. The van der Waals surface area contributed by atoms with E-state index in [2.05, 4.69) is 19.9 Å². The van der Waals surface area contributed by atoms with Gasteiger partial charge >= 0.3 is 0 Å². The number of nitrogens with one attached hydrogen (secondary N) is 4. The fraction of sp³-hybridized carbons (Fsp3) is 0. The van der Waals surface area contributed by atoms with Crippen LogP contribution in [0.1, 0.15) is 0 Å². The van der Waals surface area contributed by atoms with Crippen molar-refractivity contribution in [2.45, 2.75) is 0 Å². The molecule has 0 atom stereocenters. The van der Waals surface area contributed by atoms with Crippen molar-refractivity contribution in [1.82, 2.24) is 19.9 Å². The maximum atomic E-state index is 12.5. The van der Waals surface area contributed by atoms with E-state index >= 15 is 0 Å². The standard InChI is InChI=1S/C20H12N4O4S4/c25-13-9-3-1-4-10(7-9)14(26)22-18(30)20(32)24-16(28)12-6-2-5-11(8-12)15(27)23-19(31)17(29)21-13/h1-8H,(H,21,25,29)(H,22,26,30)(H,23,27,31)(H,24,28,32). The molecule has 0 unspecified atom stereocenters. The molecule has 4 N–H and O–H groups in total. The molecule has 0 aliphatic heterocycles. The van der Waals surface area contributed by atoms with Crippen LogP contribution in [-0.2, 0) is 0 Å². The van der Waals surface area contributed by atoms with Crippen molar-refractivity contribution in [1.29, 1.82) is 0 Å². The molecule has 0 amide bonds. The molecule has 160 valence electrons. The van der Waals surface area contributed by atoms with Crippen LogP contribution in [0.2, 0.25) is 0 Å². The number of fused-ring (bicyclic) bond motifs is 4. The first kappa shape index (κ1) is 23.3. The molecule has 0 radical (unpaired) electrons. The molecule has 4 bridgehead atoms. The van der Waals surface area contributed by atoms with Crippen LogP contribution < -0.4 is 22.2 Å². The predicted octanol–water partition coefficient (Wildman–Crippen LogP) is 3.35. The first-order chi connectivity index (χ1) is 15.2. The average Bonchev–Trinajstić information content (AvgIpc) is 2.78. The first-order valence-electron chi connectivity index (χ1n) is 8.78. The maximum absolute atomic E-state index is 12.5. The van der Waals surface area contributed by atoms with E-state index in [1.165, 1.54) is 48.5 Å². The highest BCUT2D eigenvalue weighted by Crippen LogP contribution is 1.99. The summed E-state index contributed by atoms with van der Waals surface area (Å²) < 4.78 is -0.742. The van der Waals surface area contributed by atoms with Gasteiger partial charge in [-0.05, 0) is 36.4 Å². The van der Waals surface area contributed by atoms with E-state index < -0.39 is 22.2 Å². The van der Waals surface area contributed by atoms with Crippen LogP contribution in [0.25, 0.3) is 21.5 Å². The lowest BCUT2D eigenvalue weighted by atomic mass is 10.2. The smallest absolute Gasteiger partial charge is 0.256 e. The SMILES string of the molecule is O=c1[nH]c(=S)c(=S)[nH]c(=O)c2cccc(c2)c(=O)[nH]c(=S)c(=S)[nH]c(=O)c2cccc1c2. The van der Waals surface area contributed by atoms with Gasteiger partial charge in [0.15, 0.2) is 0 Å². The molecule has 3 rings (SSSR count). The molecule has 3 aromatic rings. The Labute approximate surface area is 198 Å². The molecule has 0 spiro atoms. The van der Waals surface area contributed by atoms with E-state index in [0.717, 1.165) is 0 Å². The summed E-state index contributed by atoms with van der Waals surface area (Å²) in [5.74, 6) is 0. The third-order valence-electron chi connectivity index (χ3n) is 4.09. The van der Waals surface area contributed by atoms with Crippen molar-refractivity contribution in [2.24, 2.45) is 0 Å². The normalized spacial score (nSPS) is 10.2. The zero-order chi connectivity index (χ0) is 23.4. The van der Waals surface area contributed by atoms with Gasteiger partial charge in [-0.2, -0.15) is 0 Å². The molecule has 0 saturated heterocycles. The summed E-state index contributed by atoms with van der Waals surface area (Å²) in [6, 6.07) is 11.4. The summed E-state index contributed by atoms with van der Waals surface area (Å²) in [5.41, 5.74) is -2.52. The number of aromatic nitrogens is 4. The zero-order valence-electron chi connectivity index (χ0n) is 15.9. The minimum absolute atomic E-state index is 0.116. The molecule has 0 fully saturated rings. The fourth-order valence-electron chi connectivity index (χ4n) is 2.53. The average molecular weight is 501 g/mol. The quantitative estimate of drug-likeness (QED) is 0.346. The predicted molar refractivity (Wildman–Crippen MR) is 134 cm³/mol. The summed E-state index contributed by atoms with van der Waals surface area (Å²) in [5, 5.41) is 0.462. The van der Waals surface area contributed by atoms with Crippen LogP contribution >= 0.6 is 48.9 Å². The minimum atomic E-state index is -0.630. The molecule has 12 heteroatoms. The summed E-state index contributed by atoms with van der Waals surface area (Å²) in [7, 11) is 0. The molecule has 0 saturated carbocycles. The molecule has 1 heterocycles. The Morgan fingerprint density at radius 2 is 0.656 bits per heavy atom. The van der Waals surface area contributed by atoms with Gasteiger partial charge in [-0.15, -0.1) is 0 Å². The summed E-state index contributed by atoms with van der Waals surface area (Å²) >= 11 is 20.4. The van der Waals surface area contributed by atoms with E-state index in [1.807, 2.05) is 0 Å². The Morgan fingerprint density at radius 1 is 0.438 bits per heavy atom. The van der Waals surface area contributed by atoms with Crippen LogP contribution in [0.3, 0.4) is 0 Å². The van der Waals surface area contributed by atoms with Gasteiger partial charge in [0.05, 0.1) is 0 Å². The second-order valence-electron chi connectivity index (χ2n) is 6.29. The van der Waals surface area contributed by atoms with E-state index in [9.17, 15) is 19.2 Å². The maximum Gasteiger partial charge on any atom is 0.256 e. The highest BCUT2D eigenvalue weighted by molar-refractivity contribution is 7.74. The van der Waals surface area contributed by atoms with Crippen molar-refractivity contribution >= 4 is 70.4 Å². The third-order valence-corrected chi connectivity index (χ3v) is 5.58. The Bertz CT molecular complexity index is 1590. The number of H-pyrrole nitrogens is 4. The first-order valence-corrected chi connectivity index (χ1v) is 10.4.